The van der Waals surface area contributed by atoms with Crippen molar-refractivity contribution in [2.24, 2.45) is 0 Å². The summed E-state index contributed by atoms with van der Waals surface area (Å²) < 4.78 is 0. The van der Waals surface area contributed by atoms with E-state index in [1.165, 1.54) is 0 Å². The van der Waals surface area contributed by atoms with E-state index < -0.39 is 0 Å². The Bertz CT molecular complexity index is 295. The van der Waals surface area contributed by atoms with Crippen LogP contribution in [0.1, 0.15) is 44.2 Å². The first kappa shape index (κ1) is 11.9. The second kappa shape index (κ2) is 5.64. The van der Waals surface area contributed by atoms with Gasteiger partial charge in [0, 0.05) is 5.56 Å². The summed E-state index contributed by atoms with van der Waals surface area (Å²) in [4.78, 5) is 0. The van der Waals surface area contributed by atoms with E-state index in [0.717, 1.165) is 37.7 Å². The van der Waals surface area contributed by atoms with Gasteiger partial charge in [-0.05, 0) is 37.0 Å². The van der Waals surface area contributed by atoms with E-state index in [9.17, 15) is 10.2 Å². The standard InChI is InChI=1S/C13H20O2/c1-3-5-7-10-8-12(14)11(6-4-2)13(15)9-10/h8-9,14-15H,3-7H2,1-2H3. The van der Waals surface area contributed by atoms with E-state index in [4.69, 9.17) is 0 Å². The molecule has 0 aromatic heterocycles. The van der Waals surface area contributed by atoms with Crippen molar-refractivity contribution < 1.29 is 10.2 Å². The van der Waals surface area contributed by atoms with Gasteiger partial charge in [0.2, 0.25) is 0 Å². The summed E-state index contributed by atoms with van der Waals surface area (Å²) in [6.07, 6.45) is 4.79. The molecule has 0 aliphatic carbocycles. The van der Waals surface area contributed by atoms with Crippen LogP contribution in [0, 0.1) is 0 Å². The molecule has 0 radical (unpaired) electrons. The number of benzene rings is 1. The van der Waals surface area contributed by atoms with E-state index in [0.29, 0.717) is 5.56 Å². The largest absolute Gasteiger partial charge is 0.508 e. The lowest BCUT2D eigenvalue weighted by molar-refractivity contribution is 0.436. The lowest BCUT2D eigenvalue weighted by atomic mass is 10.0. The summed E-state index contributed by atoms with van der Waals surface area (Å²) in [5, 5.41) is 19.5. The predicted octanol–water partition coefficient (Wildman–Crippen LogP) is 3.39. The zero-order chi connectivity index (χ0) is 11.3. The first-order valence-corrected chi connectivity index (χ1v) is 5.72. The molecule has 0 spiro atoms. The highest BCUT2D eigenvalue weighted by Gasteiger charge is 2.08. The molecule has 0 bridgehead atoms. The fraction of sp³-hybridized carbons (Fsp3) is 0.538. The van der Waals surface area contributed by atoms with Crippen molar-refractivity contribution in [1.82, 2.24) is 0 Å². The van der Waals surface area contributed by atoms with Gasteiger partial charge in [0.25, 0.3) is 0 Å². The number of aryl methyl sites for hydroxylation is 1. The molecule has 2 nitrogen and oxygen atoms in total. The van der Waals surface area contributed by atoms with Crippen LogP contribution in [0.3, 0.4) is 0 Å². The fourth-order valence-electron chi connectivity index (χ4n) is 1.73. The zero-order valence-corrected chi connectivity index (χ0v) is 9.58. The van der Waals surface area contributed by atoms with Gasteiger partial charge >= 0.3 is 0 Å². The number of phenols is 2. The second-order valence-electron chi connectivity index (χ2n) is 3.97. The molecule has 0 saturated carbocycles. The van der Waals surface area contributed by atoms with E-state index in [1.807, 2.05) is 6.92 Å². The Balaban J connectivity index is 2.87. The molecule has 0 aliphatic rings. The van der Waals surface area contributed by atoms with Crippen molar-refractivity contribution in [2.45, 2.75) is 46.0 Å². The van der Waals surface area contributed by atoms with Gasteiger partial charge < -0.3 is 10.2 Å². The highest BCUT2D eigenvalue weighted by atomic mass is 16.3. The van der Waals surface area contributed by atoms with Crippen LogP contribution in [0.5, 0.6) is 11.5 Å². The summed E-state index contributed by atoms with van der Waals surface area (Å²) in [6.45, 7) is 4.16. The molecule has 1 aromatic rings. The van der Waals surface area contributed by atoms with Crippen LogP contribution in [0.4, 0.5) is 0 Å². The Hall–Kier alpha value is -1.18. The predicted molar refractivity (Wildman–Crippen MR) is 62.4 cm³/mol. The maximum Gasteiger partial charge on any atom is 0.122 e. The van der Waals surface area contributed by atoms with Gasteiger partial charge in [-0.3, -0.25) is 0 Å². The Morgan fingerprint density at radius 2 is 1.53 bits per heavy atom. The molecule has 0 unspecified atom stereocenters. The number of phenolic OH excluding ortho intramolecular Hbond substituents is 2. The SMILES string of the molecule is CCCCc1cc(O)c(CCC)c(O)c1. The molecular formula is C13H20O2. The van der Waals surface area contributed by atoms with E-state index in [2.05, 4.69) is 6.92 Å². The van der Waals surface area contributed by atoms with Crippen molar-refractivity contribution in [2.75, 3.05) is 0 Å². The second-order valence-corrected chi connectivity index (χ2v) is 3.97. The van der Waals surface area contributed by atoms with Gasteiger partial charge in [-0.25, -0.2) is 0 Å². The minimum Gasteiger partial charge on any atom is -0.508 e. The average molecular weight is 208 g/mol. The van der Waals surface area contributed by atoms with Gasteiger partial charge in [0.1, 0.15) is 11.5 Å². The molecule has 0 fully saturated rings. The third kappa shape index (κ3) is 3.15. The van der Waals surface area contributed by atoms with Gasteiger partial charge in [-0.15, -0.1) is 0 Å². The van der Waals surface area contributed by atoms with Crippen LogP contribution in [0.25, 0.3) is 0 Å². The van der Waals surface area contributed by atoms with Crippen molar-refractivity contribution in [3.05, 3.63) is 23.3 Å². The lowest BCUT2D eigenvalue weighted by Gasteiger charge is -2.09. The van der Waals surface area contributed by atoms with Crippen molar-refractivity contribution in [3.63, 3.8) is 0 Å². The number of hydrogen-bond acceptors (Lipinski definition) is 2. The molecule has 0 atom stereocenters. The van der Waals surface area contributed by atoms with Crippen LogP contribution >= 0.6 is 0 Å². The van der Waals surface area contributed by atoms with E-state index >= 15 is 0 Å². The van der Waals surface area contributed by atoms with Crippen molar-refractivity contribution in [1.29, 1.82) is 0 Å². The molecule has 1 aromatic carbocycles. The number of hydrogen-bond donors (Lipinski definition) is 2. The summed E-state index contributed by atoms with van der Waals surface area (Å²) >= 11 is 0. The number of rotatable bonds is 5. The third-order valence-electron chi connectivity index (χ3n) is 2.58. The molecule has 2 heteroatoms. The molecule has 84 valence electrons. The normalized spacial score (nSPS) is 10.5. The summed E-state index contributed by atoms with van der Waals surface area (Å²) in [7, 11) is 0. The third-order valence-corrected chi connectivity index (χ3v) is 2.58. The summed E-state index contributed by atoms with van der Waals surface area (Å²) in [5.74, 6) is 0.478. The van der Waals surface area contributed by atoms with Crippen LogP contribution in [-0.2, 0) is 12.8 Å². The molecule has 0 heterocycles. The quantitative estimate of drug-likeness (QED) is 0.778. The van der Waals surface area contributed by atoms with Gasteiger partial charge in [-0.1, -0.05) is 26.7 Å². The van der Waals surface area contributed by atoms with Gasteiger partial charge in [0.05, 0.1) is 0 Å². The lowest BCUT2D eigenvalue weighted by Crippen LogP contribution is -1.90. The minimum atomic E-state index is 0.239. The number of aromatic hydroxyl groups is 2. The van der Waals surface area contributed by atoms with Crippen LogP contribution in [-0.4, -0.2) is 10.2 Å². The molecule has 0 amide bonds. The molecule has 0 saturated heterocycles. The van der Waals surface area contributed by atoms with Crippen LogP contribution in [0.15, 0.2) is 12.1 Å². The first-order valence-electron chi connectivity index (χ1n) is 5.72. The fourth-order valence-corrected chi connectivity index (χ4v) is 1.73. The van der Waals surface area contributed by atoms with E-state index in [-0.39, 0.29) is 11.5 Å². The molecular weight excluding hydrogens is 188 g/mol. The molecule has 0 aliphatic heterocycles. The number of unbranched alkanes of at least 4 members (excludes halogenated alkanes) is 1. The van der Waals surface area contributed by atoms with E-state index in [1.54, 1.807) is 12.1 Å². The highest BCUT2D eigenvalue weighted by Crippen LogP contribution is 2.30. The summed E-state index contributed by atoms with van der Waals surface area (Å²) in [6, 6.07) is 3.56. The van der Waals surface area contributed by atoms with Crippen LogP contribution in [0.2, 0.25) is 0 Å². The van der Waals surface area contributed by atoms with Gasteiger partial charge in [0.15, 0.2) is 0 Å². The Morgan fingerprint density at radius 1 is 0.933 bits per heavy atom. The first-order chi connectivity index (χ1) is 7.19. The Labute approximate surface area is 91.6 Å². The minimum absolute atomic E-state index is 0.239. The Morgan fingerprint density at radius 3 is 2.00 bits per heavy atom. The monoisotopic (exact) mass is 208 g/mol. The highest BCUT2D eigenvalue weighted by molar-refractivity contribution is 5.46. The van der Waals surface area contributed by atoms with Crippen molar-refractivity contribution >= 4 is 0 Å². The average Bonchev–Trinajstić information content (AvgIpc) is 2.20. The molecule has 15 heavy (non-hydrogen) atoms. The van der Waals surface area contributed by atoms with Crippen molar-refractivity contribution in [3.8, 4) is 11.5 Å². The Kier molecular flexibility index (Phi) is 4.47. The van der Waals surface area contributed by atoms with Gasteiger partial charge in [-0.2, -0.15) is 0 Å². The molecule has 1 rings (SSSR count). The summed E-state index contributed by atoms with van der Waals surface area (Å²) in [5.41, 5.74) is 1.70. The molecule has 2 N–H and O–H groups in total. The maximum absolute atomic E-state index is 9.74. The smallest absolute Gasteiger partial charge is 0.122 e. The topological polar surface area (TPSA) is 40.5 Å². The zero-order valence-electron chi connectivity index (χ0n) is 9.58. The maximum atomic E-state index is 9.74. The van der Waals surface area contributed by atoms with Crippen LogP contribution < -0.4 is 0 Å².